The number of ether oxygens (including phenoxy) is 3. The van der Waals surface area contributed by atoms with Crippen molar-refractivity contribution in [3.05, 3.63) is 101 Å². The zero-order valence-corrected chi connectivity index (χ0v) is 18.5. The van der Waals surface area contributed by atoms with Gasteiger partial charge in [0, 0.05) is 36.7 Å². The van der Waals surface area contributed by atoms with Crippen LogP contribution >= 0.6 is 0 Å². The number of fused-ring (bicyclic) bond motifs is 1. The van der Waals surface area contributed by atoms with Crippen LogP contribution in [0.2, 0.25) is 0 Å². The summed E-state index contributed by atoms with van der Waals surface area (Å²) in [5.74, 6) is 2.90. The minimum absolute atomic E-state index is 0.144. The summed E-state index contributed by atoms with van der Waals surface area (Å²) in [5.41, 5.74) is 4.87. The Balaban J connectivity index is 1.64. The molecule has 0 saturated carbocycles. The molecule has 2 aliphatic heterocycles. The molecular weight excluding hydrogens is 398 g/mol. The van der Waals surface area contributed by atoms with Crippen molar-refractivity contribution >= 4 is 5.76 Å². The Labute approximate surface area is 190 Å². The number of rotatable bonds is 6. The van der Waals surface area contributed by atoms with Crippen LogP contribution in [-0.4, -0.2) is 44.4 Å². The van der Waals surface area contributed by atoms with E-state index in [1.165, 1.54) is 16.7 Å². The van der Waals surface area contributed by atoms with Gasteiger partial charge in [0.25, 0.3) is 0 Å². The van der Waals surface area contributed by atoms with E-state index in [1.807, 2.05) is 25.1 Å². The number of hydrogen-bond acceptors (Lipinski definition) is 4. The van der Waals surface area contributed by atoms with E-state index in [1.54, 1.807) is 0 Å². The Morgan fingerprint density at radius 3 is 2.34 bits per heavy atom. The van der Waals surface area contributed by atoms with E-state index in [9.17, 15) is 0 Å². The minimum Gasteiger partial charge on any atom is -0.494 e. The first kappa shape index (κ1) is 20.8. The van der Waals surface area contributed by atoms with Gasteiger partial charge >= 0.3 is 0 Å². The molecule has 4 nitrogen and oxygen atoms in total. The van der Waals surface area contributed by atoms with E-state index in [4.69, 9.17) is 14.2 Å². The molecule has 2 heterocycles. The fraction of sp³-hybridized carbons (Fsp3) is 0.286. The third-order valence-electron chi connectivity index (χ3n) is 6.14. The standard InChI is InChI=1S/C28H29NO3/c1-2-31-23-14-12-22(13-15-23)28-25(20-29-16-18-30-19-17-29)27(21-8-4-3-5-9-21)24-10-6-7-11-26(24)32-28/h3-15,27H,2,16-20H2,1H3/t27-/m0/s1. The zero-order valence-electron chi connectivity index (χ0n) is 18.5. The lowest BCUT2D eigenvalue weighted by Gasteiger charge is -2.35. The van der Waals surface area contributed by atoms with Crippen LogP contribution in [0.15, 0.2) is 84.4 Å². The smallest absolute Gasteiger partial charge is 0.136 e. The van der Waals surface area contributed by atoms with Gasteiger partial charge in [-0.25, -0.2) is 0 Å². The van der Waals surface area contributed by atoms with Crippen LogP contribution in [-0.2, 0) is 4.74 Å². The highest BCUT2D eigenvalue weighted by molar-refractivity contribution is 5.73. The molecule has 4 heteroatoms. The Bertz CT molecular complexity index is 1070. The molecular formula is C28H29NO3. The maximum absolute atomic E-state index is 6.60. The van der Waals surface area contributed by atoms with E-state index in [0.717, 1.165) is 55.7 Å². The highest BCUT2D eigenvalue weighted by atomic mass is 16.5. The number of hydrogen-bond donors (Lipinski definition) is 0. The Hall–Kier alpha value is -3.08. The van der Waals surface area contributed by atoms with E-state index >= 15 is 0 Å². The number of morpholine rings is 1. The van der Waals surface area contributed by atoms with Crippen LogP contribution < -0.4 is 9.47 Å². The molecule has 0 N–H and O–H groups in total. The van der Waals surface area contributed by atoms with Gasteiger partial charge in [0.1, 0.15) is 17.3 Å². The summed E-state index contributed by atoms with van der Waals surface area (Å²) >= 11 is 0. The summed E-state index contributed by atoms with van der Waals surface area (Å²) in [6, 6.07) is 27.5. The second kappa shape index (κ2) is 9.60. The third-order valence-corrected chi connectivity index (χ3v) is 6.14. The summed E-state index contributed by atoms with van der Waals surface area (Å²) in [6.45, 7) is 6.93. The fourth-order valence-electron chi connectivity index (χ4n) is 4.61. The average molecular weight is 428 g/mol. The van der Waals surface area contributed by atoms with Gasteiger partial charge in [0.15, 0.2) is 0 Å². The second-order valence-corrected chi connectivity index (χ2v) is 8.18. The molecule has 1 atom stereocenters. The molecule has 0 aromatic heterocycles. The van der Waals surface area contributed by atoms with Crippen molar-refractivity contribution < 1.29 is 14.2 Å². The van der Waals surface area contributed by atoms with Gasteiger partial charge in [-0.3, -0.25) is 4.90 Å². The molecule has 2 aliphatic rings. The van der Waals surface area contributed by atoms with Crippen molar-refractivity contribution in [2.45, 2.75) is 12.8 Å². The van der Waals surface area contributed by atoms with Gasteiger partial charge in [0.05, 0.1) is 19.8 Å². The average Bonchev–Trinajstić information content (AvgIpc) is 2.85. The molecule has 1 saturated heterocycles. The molecule has 32 heavy (non-hydrogen) atoms. The van der Waals surface area contributed by atoms with Gasteiger partial charge in [0.2, 0.25) is 0 Å². The SMILES string of the molecule is CCOc1ccc(C2=C(CN3CCOCC3)[C@@H](c3ccccc3)c3ccccc3O2)cc1. The fourth-order valence-corrected chi connectivity index (χ4v) is 4.61. The molecule has 3 aromatic rings. The summed E-state index contributed by atoms with van der Waals surface area (Å²) in [7, 11) is 0. The van der Waals surface area contributed by atoms with Gasteiger partial charge in [-0.15, -0.1) is 0 Å². The van der Waals surface area contributed by atoms with Crippen molar-refractivity contribution in [3.63, 3.8) is 0 Å². The van der Waals surface area contributed by atoms with E-state index in [2.05, 4.69) is 65.6 Å². The minimum atomic E-state index is 0.144. The Morgan fingerprint density at radius 1 is 0.875 bits per heavy atom. The van der Waals surface area contributed by atoms with Crippen LogP contribution in [0.3, 0.4) is 0 Å². The summed E-state index contributed by atoms with van der Waals surface area (Å²) < 4.78 is 17.9. The summed E-state index contributed by atoms with van der Waals surface area (Å²) in [6.07, 6.45) is 0. The van der Waals surface area contributed by atoms with Crippen molar-refractivity contribution in [2.24, 2.45) is 0 Å². The maximum atomic E-state index is 6.60. The third kappa shape index (κ3) is 4.29. The molecule has 0 unspecified atom stereocenters. The monoisotopic (exact) mass is 427 g/mol. The summed E-state index contributed by atoms with van der Waals surface area (Å²) in [5, 5.41) is 0. The molecule has 0 amide bonds. The summed E-state index contributed by atoms with van der Waals surface area (Å²) in [4.78, 5) is 2.47. The lowest BCUT2D eigenvalue weighted by Crippen LogP contribution is -2.39. The van der Waals surface area contributed by atoms with Crippen LogP contribution in [0.1, 0.15) is 29.5 Å². The number of benzene rings is 3. The van der Waals surface area contributed by atoms with Gasteiger partial charge in [-0.2, -0.15) is 0 Å². The van der Waals surface area contributed by atoms with E-state index in [-0.39, 0.29) is 5.92 Å². The molecule has 0 spiro atoms. The Kier molecular flexibility index (Phi) is 6.24. The van der Waals surface area contributed by atoms with Gasteiger partial charge < -0.3 is 14.2 Å². The molecule has 3 aromatic carbocycles. The van der Waals surface area contributed by atoms with Crippen LogP contribution in [0.4, 0.5) is 0 Å². The Morgan fingerprint density at radius 2 is 1.59 bits per heavy atom. The maximum Gasteiger partial charge on any atom is 0.136 e. The first-order chi connectivity index (χ1) is 15.8. The lowest BCUT2D eigenvalue weighted by molar-refractivity contribution is 0.0416. The second-order valence-electron chi connectivity index (χ2n) is 8.18. The van der Waals surface area contributed by atoms with Gasteiger partial charge in [-0.05, 0) is 48.4 Å². The zero-order chi connectivity index (χ0) is 21.8. The van der Waals surface area contributed by atoms with Crippen molar-refractivity contribution in [1.29, 1.82) is 0 Å². The van der Waals surface area contributed by atoms with Crippen LogP contribution in [0.5, 0.6) is 11.5 Å². The topological polar surface area (TPSA) is 30.9 Å². The molecule has 1 fully saturated rings. The largest absolute Gasteiger partial charge is 0.494 e. The van der Waals surface area contributed by atoms with E-state index < -0.39 is 0 Å². The molecule has 0 bridgehead atoms. The molecule has 0 radical (unpaired) electrons. The highest BCUT2D eigenvalue weighted by Crippen LogP contribution is 2.46. The predicted octanol–water partition coefficient (Wildman–Crippen LogP) is 5.35. The molecule has 5 rings (SSSR count). The quantitative estimate of drug-likeness (QED) is 0.530. The van der Waals surface area contributed by atoms with Crippen molar-refractivity contribution in [3.8, 4) is 11.5 Å². The lowest BCUT2D eigenvalue weighted by atomic mass is 9.81. The normalized spacial score (nSPS) is 18.7. The molecule has 0 aliphatic carbocycles. The van der Waals surface area contributed by atoms with Crippen LogP contribution in [0, 0.1) is 0 Å². The van der Waals surface area contributed by atoms with Crippen LogP contribution in [0.25, 0.3) is 5.76 Å². The molecule has 164 valence electrons. The van der Waals surface area contributed by atoms with Crippen molar-refractivity contribution in [2.75, 3.05) is 39.5 Å². The predicted molar refractivity (Wildman–Crippen MR) is 127 cm³/mol. The number of nitrogens with zero attached hydrogens (tertiary/aromatic N) is 1. The first-order valence-corrected chi connectivity index (χ1v) is 11.4. The first-order valence-electron chi connectivity index (χ1n) is 11.4. The number of para-hydroxylation sites is 1. The van der Waals surface area contributed by atoms with Crippen molar-refractivity contribution in [1.82, 2.24) is 4.90 Å². The van der Waals surface area contributed by atoms with E-state index in [0.29, 0.717) is 6.61 Å². The van der Waals surface area contributed by atoms with Gasteiger partial charge in [-0.1, -0.05) is 48.5 Å². The highest BCUT2D eigenvalue weighted by Gasteiger charge is 2.32.